The van der Waals surface area contributed by atoms with Gasteiger partial charge < -0.3 is 5.11 Å². The smallest absolute Gasteiger partial charge is 0.303 e. The van der Waals surface area contributed by atoms with E-state index in [2.05, 4.69) is 0 Å². The highest BCUT2D eigenvalue weighted by Gasteiger charge is 2.15. The SMILES string of the molecule is O=C(O)CCC1=CC=C([N+](=O)[O-])CC1. The quantitative estimate of drug-likeness (QED) is 0.549. The second kappa shape index (κ2) is 4.55. The number of carbonyl (C=O) groups is 1. The number of carboxylic acid groups (broad SMARTS) is 1. The first kappa shape index (κ1) is 10.4. The van der Waals surface area contributed by atoms with Crippen molar-refractivity contribution in [2.75, 3.05) is 0 Å². The van der Waals surface area contributed by atoms with Crippen LogP contribution in [-0.2, 0) is 4.79 Å². The molecule has 5 heteroatoms. The van der Waals surface area contributed by atoms with E-state index in [-0.39, 0.29) is 12.1 Å². The number of aliphatic carboxylic acids is 1. The molecule has 1 rings (SSSR count). The summed E-state index contributed by atoms with van der Waals surface area (Å²) >= 11 is 0. The molecule has 0 amide bonds. The van der Waals surface area contributed by atoms with Gasteiger partial charge in [0.05, 0.1) is 4.92 Å². The van der Waals surface area contributed by atoms with Crippen molar-refractivity contribution >= 4 is 5.97 Å². The van der Waals surface area contributed by atoms with Gasteiger partial charge in [-0.25, -0.2) is 0 Å². The Balaban J connectivity index is 2.51. The van der Waals surface area contributed by atoms with Gasteiger partial charge in [-0.05, 0) is 12.8 Å². The van der Waals surface area contributed by atoms with Crippen LogP contribution in [0, 0.1) is 10.1 Å². The highest BCUT2D eigenvalue weighted by Crippen LogP contribution is 2.21. The zero-order valence-electron chi connectivity index (χ0n) is 7.60. The van der Waals surface area contributed by atoms with Gasteiger partial charge in [0.15, 0.2) is 0 Å². The van der Waals surface area contributed by atoms with Crippen molar-refractivity contribution in [1.82, 2.24) is 0 Å². The Morgan fingerprint density at radius 3 is 2.64 bits per heavy atom. The molecular formula is C9H11NO4. The summed E-state index contributed by atoms with van der Waals surface area (Å²) in [6.45, 7) is 0. The molecule has 0 aromatic heterocycles. The maximum absolute atomic E-state index is 10.3. The van der Waals surface area contributed by atoms with Crippen LogP contribution in [0.2, 0.25) is 0 Å². The lowest BCUT2D eigenvalue weighted by Crippen LogP contribution is -2.04. The molecule has 0 spiro atoms. The van der Waals surface area contributed by atoms with Gasteiger partial charge in [0, 0.05) is 18.9 Å². The summed E-state index contributed by atoms with van der Waals surface area (Å²) in [7, 11) is 0. The van der Waals surface area contributed by atoms with E-state index in [1.165, 1.54) is 6.08 Å². The Morgan fingerprint density at radius 1 is 1.50 bits per heavy atom. The molecule has 1 aliphatic rings. The number of allylic oxidation sites excluding steroid dienone is 4. The van der Waals surface area contributed by atoms with E-state index in [4.69, 9.17) is 5.11 Å². The van der Waals surface area contributed by atoms with Gasteiger partial charge in [-0.3, -0.25) is 14.9 Å². The van der Waals surface area contributed by atoms with E-state index < -0.39 is 10.9 Å². The fourth-order valence-electron chi connectivity index (χ4n) is 1.30. The van der Waals surface area contributed by atoms with Gasteiger partial charge in [0.2, 0.25) is 5.70 Å². The molecule has 0 radical (unpaired) electrons. The van der Waals surface area contributed by atoms with E-state index in [1.54, 1.807) is 6.08 Å². The summed E-state index contributed by atoms with van der Waals surface area (Å²) in [6.07, 6.45) is 4.69. The standard InChI is InChI=1S/C9H11NO4/c11-9(12)6-3-7-1-4-8(5-2-7)10(13)14/h1,4H,2-3,5-6H2,(H,11,12). The highest BCUT2D eigenvalue weighted by atomic mass is 16.6. The van der Waals surface area contributed by atoms with Crippen molar-refractivity contribution in [2.24, 2.45) is 0 Å². The van der Waals surface area contributed by atoms with E-state index >= 15 is 0 Å². The van der Waals surface area contributed by atoms with Crippen LogP contribution in [0.25, 0.3) is 0 Å². The third-order valence-corrected chi connectivity index (χ3v) is 2.11. The van der Waals surface area contributed by atoms with Gasteiger partial charge in [-0.15, -0.1) is 0 Å². The van der Waals surface area contributed by atoms with Gasteiger partial charge >= 0.3 is 5.97 Å². The largest absolute Gasteiger partial charge is 0.481 e. The molecule has 0 aromatic rings. The molecule has 0 bridgehead atoms. The van der Waals surface area contributed by atoms with Crippen molar-refractivity contribution in [1.29, 1.82) is 0 Å². The molecule has 0 saturated carbocycles. The first-order valence-electron chi connectivity index (χ1n) is 4.34. The summed E-state index contributed by atoms with van der Waals surface area (Å²) in [4.78, 5) is 20.2. The first-order chi connectivity index (χ1) is 6.59. The lowest BCUT2D eigenvalue weighted by molar-refractivity contribution is -0.428. The Morgan fingerprint density at radius 2 is 2.21 bits per heavy atom. The molecule has 0 fully saturated rings. The van der Waals surface area contributed by atoms with Crippen molar-refractivity contribution < 1.29 is 14.8 Å². The predicted octanol–water partition coefficient (Wildman–Crippen LogP) is 1.73. The molecule has 0 aromatic carbocycles. The maximum Gasteiger partial charge on any atom is 0.303 e. The number of nitro groups is 1. The second-order valence-corrected chi connectivity index (χ2v) is 3.13. The molecule has 1 N–H and O–H groups in total. The van der Waals surface area contributed by atoms with E-state index in [0.717, 1.165) is 5.57 Å². The summed E-state index contributed by atoms with van der Waals surface area (Å²) in [6, 6.07) is 0. The lowest BCUT2D eigenvalue weighted by Gasteiger charge is -2.08. The molecule has 5 nitrogen and oxygen atoms in total. The van der Waals surface area contributed by atoms with Crippen LogP contribution >= 0.6 is 0 Å². The third-order valence-electron chi connectivity index (χ3n) is 2.11. The van der Waals surface area contributed by atoms with Gasteiger partial charge in [-0.2, -0.15) is 0 Å². The Labute approximate surface area is 80.9 Å². The fraction of sp³-hybridized carbons (Fsp3) is 0.444. The van der Waals surface area contributed by atoms with Crippen LogP contribution in [0.1, 0.15) is 25.7 Å². The van der Waals surface area contributed by atoms with E-state index in [9.17, 15) is 14.9 Å². The Kier molecular flexibility index (Phi) is 3.39. The normalized spacial score (nSPS) is 15.7. The van der Waals surface area contributed by atoms with Crippen LogP contribution in [0.4, 0.5) is 0 Å². The molecule has 0 unspecified atom stereocenters. The Hall–Kier alpha value is -1.65. The molecule has 0 aliphatic heterocycles. The number of hydrogen-bond acceptors (Lipinski definition) is 3. The van der Waals surface area contributed by atoms with Crippen molar-refractivity contribution in [3.63, 3.8) is 0 Å². The molecule has 1 aliphatic carbocycles. The van der Waals surface area contributed by atoms with E-state index in [1.807, 2.05) is 0 Å². The number of nitrogens with zero attached hydrogens (tertiary/aromatic N) is 1. The van der Waals surface area contributed by atoms with Crippen LogP contribution in [-0.4, -0.2) is 16.0 Å². The topological polar surface area (TPSA) is 80.4 Å². The minimum absolute atomic E-state index is 0.0907. The average molecular weight is 197 g/mol. The van der Waals surface area contributed by atoms with Crippen LogP contribution in [0.5, 0.6) is 0 Å². The highest BCUT2D eigenvalue weighted by molar-refractivity contribution is 5.67. The van der Waals surface area contributed by atoms with E-state index in [0.29, 0.717) is 19.3 Å². The molecule has 76 valence electrons. The molecule has 14 heavy (non-hydrogen) atoms. The number of carboxylic acids is 1. The molecular weight excluding hydrogens is 186 g/mol. The van der Waals surface area contributed by atoms with Crippen molar-refractivity contribution in [3.8, 4) is 0 Å². The van der Waals surface area contributed by atoms with Gasteiger partial charge in [0.1, 0.15) is 0 Å². The maximum atomic E-state index is 10.3. The summed E-state index contributed by atoms with van der Waals surface area (Å²) in [5.74, 6) is -0.838. The second-order valence-electron chi connectivity index (χ2n) is 3.13. The first-order valence-corrected chi connectivity index (χ1v) is 4.34. The fourth-order valence-corrected chi connectivity index (χ4v) is 1.30. The van der Waals surface area contributed by atoms with Gasteiger partial charge in [-0.1, -0.05) is 11.6 Å². The minimum atomic E-state index is -0.838. The number of rotatable bonds is 4. The Bertz CT molecular complexity index is 317. The van der Waals surface area contributed by atoms with Crippen molar-refractivity contribution in [3.05, 3.63) is 33.5 Å². The van der Waals surface area contributed by atoms with Crippen molar-refractivity contribution in [2.45, 2.75) is 25.7 Å². The monoisotopic (exact) mass is 197 g/mol. The molecule has 0 saturated heterocycles. The zero-order valence-corrected chi connectivity index (χ0v) is 7.60. The average Bonchev–Trinajstić information content (AvgIpc) is 2.15. The van der Waals surface area contributed by atoms with Crippen LogP contribution in [0.15, 0.2) is 23.4 Å². The van der Waals surface area contributed by atoms with Gasteiger partial charge in [0.25, 0.3) is 0 Å². The lowest BCUT2D eigenvalue weighted by atomic mass is 9.99. The summed E-state index contributed by atoms with van der Waals surface area (Å²) in [5.41, 5.74) is 1.17. The predicted molar refractivity (Wildman–Crippen MR) is 49.3 cm³/mol. The minimum Gasteiger partial charge on any atom is -0.481 e. The summed E-state index contributed by atoms with van der Waals surface area (Å²) in [5, 5.41) is 18.8. The summed E-state index contributed by atoms with van der Waals surface area (Å²) < 4.78 is 0. The molecule has 0 atom stereocenters. The van der Waals surface area contributed by atoms with Crippen LogP contribution in [0.3, 0.4) is 0 Å². The molecule has 0 heterocycles. The van der Waals surface area contributed by atoms with Crippen LogP contribution < -0.4 is 0 Å². The zero-order chi connectivity index (χ0) is 10.6. The third kappa shape index (κ3) is 3.01. The number of hydrogen-bond donors (Lipinski definition) is 1.